The zero-order chi connectivity index (χ0) is 15.6. The van der Waals surface area contributed by atoms with Gasteiger partial charge in [-0.3, -0.25) is 0 Å². The Morgan fingerprint density at radius 2 is 1.45 bits per heavy atom. The molecule has 1 aliphatic rings. The van der Waals surface area contributed by atoms with Gasteiger partial charge in [-0.15, -0.1) is 0 Å². The molecule has 0 fully saturated rings. The van der Waals surface area contributed by atoms with Gasteiger partial charge in [-0.25, -0.2) is 8.42 Å². The molecule has 0 N–H and O–H groups in total. The number of benzene rings is 2. The summed E-state index contributed by atoms with van der Waals surface area (Å²) >= 11 is 0. The van der Waals surface area contributed by atoms with Gasteiger partial charge in [0.05, 0.1) is 9.80 Å². The van der Waals surface area contributed by atoms with Crippen LogP contribution < -0.4 is 0 Å². The Labute approximate surface area is 131 Å². The zero-order valence-electron chi connectivity index (χ0n) is 12.4. The summed E-state index contributed by atoms with van der Waals surface area (Å²) in [4.78, 5) is 0.720. The quantitative estimate of drug-likeness (QED) is 0.845. The molecule has 2 aromatic carbocycles. The van der Waals surface area contributed by atoms with Gasteiger partial charge in [0.2, 0.25) is 9.84 Å². The van der Waals surface area contributed by atoms with Crippen LogP contribution in [0.3, 0.4) is 0 Å². The molecule has 0 amide bonds. The normalized spacial score (nSPS) is 21.4. The van der Waals surface area contributed by atoms with Gasteiger partial charge in [0.15, 0.2) is 0 Å². The molecule has 2 atom stereocenters. The summed E-state index contributed by atoms with van der Waals surface area (Å²) in [5.41, 5.74) is 1.14. The van der Waals surface area contributed by atoms with E-state index in [1.807, 2.05) is 48.6 Å². The maximum Gasteiger partial charge on any atom is 0.206 e. The van der Waals surface area contributed by atoms with Crippen molar-refractivity contribution in [2.75, 3.05) is 0 Å². The third kappa shape index (κ3) is 2.77. The summed E-state index contributed by atoms with van der Waals surface area (Å²) in [6.45, 7) is 2.11. The van der Waals surface area contributed by atoms with E-state index in [0.29, 0.717) is 9.80 Å². The van der Waals surface area contributed by atoms with Gasteiger partial charge in [-0.1, -0.05) is 67.6 Å². The molecule has 0 radical (unpaired) electrons. The average molecular weight is 310 g/mol. The Hall–Kier alpha value is -2.13. The molecule has 3 heteroatoms. The molecule has 0 aliphatic heterocycles. The van der Waals surface area contributed by atoms with E-state index < -0.39 is 9.84 Å². The molecule has 0 spiro atoms. The van der Waals surface area contributed by atoms with Gasteiger partial charge in [-0.2, -0.15) is 0 Å². The third-order valence-corrected chi connectivity index (χ3v) is 5.81. The molecule has 22 heavy (non-hydrogen) atoms. The summed E-state index contributed by atoms with van der Waals surface area (Å²) in [6, 6.07) is 18.6. The highest BCUT2D eigenvalue weighted by molar-refractivity contribution is 7.95. The molecule has 0 unspecified atom stereocenters. The average Bonchev–Trinajstić information content (AvgIpc) is 2.57. The highest BCUT2D eigenvalue weighted by atomic mass is 32.2. The van der Waals surface area contributed by atoms with Crippen molar-refractivity contribution >= 4 is 9.84 Å². The molecule has 3 rings (SSSR count). The first kappa shape index (κ1) is 14.8. The molecule has 0 saturated carbocycles. The van der Waals surface area contributed by atoms with Crippen molar-refractivity contribution < 1.29 is 8.42 Å². The standard InChI is InChI=1S/C19H18O2S/c1-15-12-13-18(14-19(15)16-8-4-2-5-9-16)22(20,21)17-10-6-3-7-11-17/h2-15,19H,1H3/t15-,19+/m1/s1. The smallest absolute Gasteiger partial charge is 0.206 e. The molecule has 2 nitrogen and oxygen atoms in total. The lowest BCUT2D eigenvalue weighted by molar-refractivity contribution is 0.598. The minimum absolute atomic E-state index is 0.0830. The second kappa shape index (κ2) is 5.93. The van der Waals surface area contributed by atoms with Crippen molar-refractivity contribution in [1.29, 1.82) is 0 Å². The second-order valence-electron chi connectivity index (χ2n) is 5.54. The molecule has 0 bridgehead atoms. The Balaban J connectivity index is 2.03. The monoisotopic (exact) mass is 310 g/mol. The molecular formula is C19H18O2S. The maximum atomic E-state index is 12.8. The first-order chi connectivity index (χ1) is 10.6. The molecule has 0 aromatic heterocycles. The van der Waals surface area contributed by atoms with Crippen molar-refractivity contribution in [3.63, 3.8) is 0 Å². The van der Waals surface area contributed by atoms with Crippen molar-refractivity contribution in [2.24, 2.45) is 5.92 Å². The predicted octanol–water partition coefficient (Wildman–Crippen LogP) is 4.33. The van der Waals surface area contributed by atoms with Crippen LogP contribution >= 0.6 is 0 Å². The van der Waals surface area contributed by atoms with E-state index in [-0.39, 0.29) is 11.8 Å². The molecular weight excluding hydrogens is 292 g/mol. The fraction of sp³-hybridized carbons (Fsp3) is 0.158. The third-order valence-electron chi connectivity index (χ3n) is 4.02. The van der Waals surface area contributed by atoms with E-state index in [0.717, 1.165) is 5.56 Å². The highest BCUT2D eigenvalue weighted by Crippen LogP contribution is 2.35. The molecule has 0 heterocycles. The lowest BCUT2D eigenvalue weighted by atomic mass is 9.84. The van der Waals surface area contributed by atoms with E-state index in [1.54, 1.807) is 30.3 Å². The van der Waals surface area contributed by atoms with Crippen molar-refractivity contribution in [2.45, 2.75) is 17.7 Å². The van der Waals surface area contributed by atoms with Crippen LogP contribution in [0.1, 0.15) is 18.4 Å². The molecule has 112 valence electrons. The van der Waals surface area contributed by atoms with Crippen LogP contribution in [-0.4, -0.2) is 8.42 Å². The number of sulfone groups is 1. The Morgan fingerprint density at radius 3 is 2.09 bits per heavy atom. The second-order valence-corrected chi connectivity index (χ2v) is 7.49. The van der Waals surface area contributed by atoms with Gasteiger partial charge in [0.25, 0.3) is 0 Å². The number of hydrogen-bond acceptors (Lipinski definition) is 2. The van der Waals surface area contributed by atoms with Crippen LogP contribution in [0, 0.1) is 5.92 Å². The number of allylic oxidation sites excluding steroid dienone is 3. The fourth-order valence-electron chi connectivity index (χ4n) is 2.74. The van der Waals surface area contributed by atoms with E-state index in [2.05, 4.69) is 6.92 Å². The SMILES string of the molecule is C[C@@H]1C=CC(S(=O)(=O)c2ccccc2)=C[C@@H]1c1ccccc1. The Bertz CT molecular complexity index is 803. The van der Waals surface area contributed by atoms with Crippen molar-refractivity contribution in [3.8, 4) is 0 Å². The fourth-order valence-corrected chi connectivity index (χ4v) is 4.11. The van der Waals surface area contributed by atoms with E-state index in [9.17, 15) is 8.42 Å². The van der Waals surface area contributed by atoms with Crippen LogP contribution in [0.4, 0.5) is 0 Å². The highest BCUT2D eigenvalue weighted by Gasteiger charge is 2.25. The van der Waals surface area contributed by atoms with Crippen LogP contribution in [0.2, 0.25) is 0 Å². The topological polar surface area (TPSA) is 34.1 Å². The summed E-state index contributed by atoms with van der Waals surface area (Å²) < 4.78 is 25.5. The number of rotatable bonds is 3. The van der Waals surface area contributed by atoms with Crippen LogP contribution in [0.25, 0.3) is 0 Å². The van der Waals surface area contributed by atoms with Gasteiger partial charge in [0, 0.05) is 5.92 Å². The minimum atomic E-state index is -3.45. The lowest BCUT2D eigenvalue weighted by Crippen LogP contribution is -2.13. The predicted molar refractivity (Wildman–Crippen MR) is 89.2 cm³/mol. The lowest BCUT2D eigenvalue weighted by Gasteiger charge is -2.23. The first-order valence-electron chi connectivity index (χ1n) is 7.34. The maximum absolute atomic E-state index is 12.8. The van der Waals surface area contributed by atoms with Crippen LogP contribution in [-0.2, 0) is 9.84 Å². The first-order valence-corrected chi connectivity index (χ1v) is 8.82. The largest absolute Gasteiger partial charge is 0.219 e. The van der Waals surface area contributed by atoms with Gasteiger partial charge in [-0.05, 0) is 29.7 Å². The van der Waals surface area contributed by atoms with E-state index in [1.165, 1.54) is 0 Å². The van der Waals surface area contributed by atoms with Crippen molar-refractivity contribution in [3.05, 3.63) is 89.4 Å². The molecule has 0 saturated heterocycles. The van der Waals surface area contributed by atoms with Crippen LogP contribution in [0.5, 0.6) is 0 Å². The summed E-state index contributed by atoms with van der Waals surface area (Å²) in [5.74, 6) is 0.358. The van der Waals surface area contributed by atoms with Gasteiger partial charge < -0.3 is 0 Å². The Kier molecular flexibility index (Phi) is 3.99. The van der Waals surface area contributed by atoms with Crippen molar-refractivity contribution in [1.82, 2.24) is 0 Å². The van der Waals surface area contributed by atoms with Crippen LogP contribution in [0.15, 0.2) is 88.7 Å². The van der Waals surface area contributed by atoms with Gasteiger partial charge in [0.1, 0.15) is 0 Å². The zero-order valence-corrected chi connectivity index (χ0v) is 13.2. The minimum Gasteiger partial charge on any atom is -0.219 e. The number of hydrogen-bond donors (Lipinski definition) is 0. The van der Waals surface area contributed by atoms with Gasteiger partial charge >= 0.3 is 0 Å². The molecule has 1 aliphatic carbocycles. The summed E-state index contributed by atoms with van der Waals surface area (Å²) in [6.07, 6.45) is 5.59. The van der Waals surface area contributed by atoms with E-state index in [4.69, 9.17) is 0 Å². The van der Waals surface area contributed by atoms with E-state index >= 15 is 0 Å². The summed E-state index contributed by atoms with van der Waals surface area (Å²) in [5, 5.41) is 0. The summed E-state index contributed by atoms with van der Waals surface area (Å²) in [7, 11) is -3.45. The Morgan fingerprint density at radius 1 is 0.864 bits per heavy atom. The molecule has 2 aromatic rings.